The van der Waals surface area contributed by atoms with Crippen LogP contribution in [0.15, 0.2) is 0 Å². The van der Waals surface area contributed by atoms with Crippen LogP contribution < -0.4 is 5.73 Å². The first-order chi connectivity index (χ1) is 4.63. The Balaban J connectivity index is 0. The lowest BCUT2D eigenvalue weighted by molar-refractivity contribution is -0.118. The maximum atomic E-state index is 10.9. The fourth-order valence-corrected chi connectivity index (χ4v) is 1.03. The van der Waals surface area contributed by atoms with E-state index in [1.807, 2.05) is 13.8 Å². The molecule has 0 aromatic heterocycles. The molecule has 0 fully saturated rings. The molecule has 11 heavy (non-hydrogen) atoms. The summed E-state index contributed by atoms with van der Waals surface area (Å²) in [5.41, 5.74) is 5.60. The van der Waals surface area contributed by atoms with E-state index in [0.29, 0.717) is 11.2 Å². The van der Waals surface area contributed by atoms with Gasteiger partial charge in [0.2, 0.25) is 0 Å². The highest BCUT2D eigenvalue weighted by molar-refractivity contribution is 9.09. The van der Waals surface area contributed by atoms with Crippen LogP contribution in [-0.4, -0.2) is 17.2 Å². The fraction of sp³-hybridized carbons (Fsp3) is 0.857. The highest BCUT2D eigenvalue weighted by atomic mass is 79.9. The summed E-state index contributed by atoms with van der Waals surface area (Å²) < 4.78 is 0. The number of rotatable bonds is 4. The van der Waals surface area contributed by atoms with Gasteiger partial charge in [0, 0.05) is 0 Å². The second-order valence-electron chi connectivity index (χ2n) is 2.51. The molecule has 2 atom stereocenters. The first kappa shape index (κ1) is 14.1. The number of hydrogen-bond donors (Lipinski definition) is 1. The summed E-state index contributed by atoms with van der Waals surface area (Å²) in [6.45, 7) is 4.03. The molecular formula is C7H15Br2NO. The van der Waals surface area contributed by atoms with Crippen LogP contribution in [0.4, 0.5) is 0 Å². The van der Waals surface area contributed by atoms with Crippen molar-refractivity contribution in [2.45, 2.75) is 26.3 Å². The van der Waals surface area contributed by atoms with Crippen molar-refractivity contribution in [2.75, 3.05) is 5.33 Å². The predicted octanol–water partition coefficient (Wildman–Crippen LogP) is 1.90. The summed E-state index contributed by atoms with van der Waals surface area (Å²) >= 11 is 3.08. The van der Waals surface area contributed by atoms with Gasteiger partial charge in [0.1, 0.15) is 0 Å². The number of ketones is 1. The van der Waals surface area contributed by atoms with Gasteiger partial charge in [-0.25, -0.2) is 0 Å². The van der Waals surface area contributed by atoms with Gasteiger partial charge in [-0.05, 0) is 5.92 Å². The Morgan fingerprint density at radius 3 is 2.36 bits per heavy atom. The normalized spacial score (nSPS) is 14.9. The van der Waals surface area contributed by atoms with E-state index in [4.69, 9.17) is 5.73 Å². The quantitative estimate of drug-likeness (QED) is 0.803. The third-order valence-corrected chi connectivity index (χ3v) is 2.31. The summed E-state index contributed by atoms with van der Waals surface area (Å²) in [7, 11) is 0. The number of hydrogen-bond acceptors (Lipinski definition) is 2. The van der Waals surface area contributed by atoms with Gasteiger partial charge in [-0.15, -0.1) is 17.0 Å². The highest BCUT2D eigenvalue weighted by Crippen LogP contribution is 2.06. The Bertz CT molecular complexity index is 119. The Labute approximate surface area is 86.8 Å². The van der Waals surface area contributed by atoms with Crippen molar-refractivity contribution in [3.63, 3.8) is 0 Å². The standard InChI is InChI=1S/C7H14BrNO.BrH/c1-3-5(2)7(9)6(10)4-8;/h5,7H,3-4,9H2,1-2H3;1H. The zero-order chi connectivity index (χ0) is 8.15. The van der Waals surface area contributed by atoms with E-state index >= 15 is 0 Å². The molecule has 0 aliphatic carbocycles. The van der Waals surface area contributed by atoms with E-state index in [0.717, 1.165) is 6.42 Å². The van der Waals surface area contributed by atoms with Crippen molar-refractivity contribution in [3.05, 3.63) is 0 Å². The lowest BCUT2D eigenvalue weighted by Crippen LogP contribution is -2.37. The third-order valence-electron chi connectivity index (χ3n) is 1.76. The minimum atomic E-state index is -0.288. The third kappa shape index (κ3) is 4.93. The number of alkyl halides is 1. The van der Waals surface area contributed by atoms with Gasteiger partial charge < -0.3 is 5.73 Å². The van der Waals surface area contributed by atoms with E-state index in [1.165, 1.54) is 0 Å². The summed E-state index contributed by atoms with van der Waals surface area (Å²) in [5, 5.41) is 0.374. The number of carbonyl (C=O) groups excluding carboxylic acids is 1. The monoisotopic (exact) mass is 287 g/mol. The SMILES string of the molecule is Br.CCC(C)C(N)C(=O)CBr. The molecule has 2 N–H and O–H groups in total. The minimum Gasteiger partial charge on any atom is -0.321 e. The molecule has 0 bridgehead atoms. The highest BCUT2D eigenvalue weighted by Gasteiger charge is 2.17. The van der Waals surface area contributed by atoms with Gasteiger partial charge >= 0.3 is 0 Å². The summed E-state index contributed by atoms with van der Waals surface area (Å²) in [6, 6.07) is -0.288. The lowest BCUT2D eigenvalue weighted by atomic mass is 9.97. The van der Waals surface area contributed by atoms with E-state index < -0.39 is 0 Å². The van der Waals surface area contributed by atoms with Crippen molar-refractivity contribution in [2.24, 2.45) is 11.7 Å². The molecule has 2 unspecified atom stereocenters. The summed E-state index contributed by atoms with van der Waals surface area (Å²) in [6.07, 6.45) is 0.958. The van der Waals surface area contributed by atoms with Gasteiger partial charge in [-0.3, -0.25) is 4.79 Å². The molecule has 0 radical (unpaired) electrons. The van der Waals surface area contributed by atoms with Crippen LogP contribution in [0.5, 0.6) is 0 Å². The van der Waals surface area contributed by atoms with Gasteiger partial charge in [0.15, 0.2) is 5.78 Å². The van der Waals surface area contributed by atoms with Crippen molar-refractivity contribution >= 4 is 38.7 Å². The van der Waals surface area contributed by atoms with Gasteiger partial charge in [0.25, 0.3) is 0 Å². The number of carbonyl (C=O) groups is 1. The average molecular weight is 289 g/mol. The average Bonchev–Trinajstić information content (AvgIpc) is 2.00. The number of halogens is 2. The predicted molar refractivity (Wildman–Crippen MR) is 56.6 cm³/mol. The fourth-order valence-electron chi connectivity index (χ4n) is 0.660. The molecule has 0 spiro atoms. The van der Waals surface area contributed by atoms with Gasteiger partial charge in [-0.2, -0.15) is 0 Å². The molecule has 0 aromatic carbocycles. The molecule has 4 heteroatoms. The molecule has 0 amide bonds. The van der Waals surface area contributed by atoms with Crippen molar-refractivity contribution in [1.29, 1.82) is 0 Å². The largest absolute Gasteiger partial charge is 0.321 e. The molecule has 0 rings (SSSR count). The molecule has 0 aliphatic heterocycles. The Hall–Kier alpha value is 0.590. The van der Waals surface area contributed by atoms with Crippen LogP contribution >= 0.6 is 32.9 Å². The van der Waals surface area contributed by atoms with Gasteiger partial charge in [-0.1, -0.05) is 36.2 Å². The van der Waals surface area contributed by atoms with Crippen LogP contribution in [0.25, 0.3) is 0 Å². The molecule has 0 heterocycles. The Morgan fingerprint density at radius 1 is 1.64 bits per heavy atom. The van der Waals surface area contributed by atoms with Crippen molar-refractivity contribution in [1.82, 2.24) is 0 Å². The van der Waals surface area contributed by atoms with Gasteiger partial charge in [0.05, 0.1) is 11.4 Å². The number of nitrogens with two attached hydrogens (primary N) is 1. The van der Waals surface area contributed by atoms with Crippen LogP contribution in [0, 0.1) is 5.92 Å². The summed E-state index contributed by atoms with van der Waals surface area (Å²) in [4.78, 5) is 10.9. The topological polar surface area (TPSA) is 43.1 Å². The first-order valence-corrected chi connectivity index (χ1v) is 4.59. The van der Waals surface area contributed by atoms with Crippen LogP contribution in [0.3, 0.4) is 0 Å². The zero-order valence-electron chi connectivity index (χ0n) is 6.84. The first-order valence-electron chi connectivity index (χ1n) is 3.47. The van der Waals surface area contributed by atoms with Crippen LogP contribution in [0.1, 0.15) is 20.3 Å². The molecule has 2 nitrogen and oxygen atoms in total. The van der Waals surface area contributed by atoms with E-state index in [9.17, 15) is 4.79 Å². The van der Waals surface area contributed by atoms with Crippen molar-refractivity contribution < 1.29 is 4.79 Å². The summed E-state index contributed by atoms with van der Waals surface area (Å²) in [5.74, 6) is 0.388. The Kier molecular flexibility index (Phi) is 9.32. The second-order valence-corrected chi connectivity index (χ2v) is 3.07. The molecule has 0 aromatic rings. The Morgan fingerprint density at radius 2 is 2.09 bits per heavy atom. The zero-order valence-corrected chi connectivity index (χ0v) is 10.1. The van der Waals surface area contributed by atoms with E-state index in [2.05, 4.69) is 15.9 Å². The maximum absolute atomic E-state index is 10.9. The van der Waals surface area contributed by atoms with Crippen molar-refractivity contribution in [3.8, 4) is 0 Å². The molecular weight excluding hydrogens is 274 g/mol. The number of Topliss-reactive ketones (excluding diaryl/α,β-unsaturated/α-hetero) is 1. The lowest BCUT2D eigenvalue weighted by Gasteiger charge is -2.14. The molecule has 68 valence electrons. The second kappa shape index (κ2) is 7.25. The molecule has 0 saturated heterocycles. The van der Waals surface area contributed by atoms with Crippen LogP contribution in [-0.2, 0) is 4.79 Å². The van der Waals surface area contributed by atoms with E-state index in [-0.39, 0.29) is 28.8 Å². The smallest absolute Gasteiger partial charge is 0.160 e. The molecule has 0 saturated carbocycles. The molecule has 0 aliphatic rings. The minimum absolute atomic E-state index is 0. The van der Waals surface area contributed by atoms with E-state index in [1.54, 1.807) is 0 Å². The maximum Gasteiger partial charge on any atom is 0.160 e. The van der Waals surface area contributed by atoms with Crippen LogP contribution in [0.2, 0.25) is 0 Å².